The van der Waals surface area contributed by atoms with Gasteiger partial charge >= 0.3 is 0 Å². The summed E-state index contributed by atoms with van der Waals surface area (Å²) in [5.74, 6) is 0.474. The van der Waals surface area contributed by atoms with E-state index in [4.69, 9.17) is 4.74 Å². The summed E-state index contributed by atoms with van der Waals surface area (Å²) in [6.07, 6.45) is 12.8. The van der Waals surface area contributed by atoms with Gasteiger partial charge < -0.3 is 4.74 Å². The molecule has 204 valence electrons. The molecule has 5 saturated carbocycles. The molecule has 4 unspecified atom stereocenters. The van der Waals surface area contributed by atoms with Crippen molar-refractivity contribution in [3.05, 3.63) is 23.3 Å². The third-order valence-corrected chi connectivity index (χ3v) is 14.8. The number of hydrogen-bond acceptors (Lipinski definition) is 4. The van der Waals surface area contributed by atoms with Crippen molar-refractivity contribution in [1.29, 1.82) is 5.26 Å². The van der Waals surface area contributed by atoms with Crippen molar-refractivity contribution in [2.24, 2.45) is 49.7 Å². The van der Waals surface area contributed by atoms with Crippen LogP contribution in [0.1, 0.15) is 107 Å². The van der Waals surface area contributed by atoms with Crippen molar-refractivity contribution >= 4 is 11.6 Å². The second-order valence-electron chi connectivity index (χ2n) is 16.4. The third-order valence-electron chi connectivity index (χ3n) is 14.8. The topological polar surface area (TPSA) is 67.2 Å². The van der Waals surface area contributed by atoms with E-state index >= 15 is 0 Å². The van der Waals surface area contributed by atoms with Crippen molar-refractivity contribution in [2.75, 3.05) is 0 Å². The SMILES string of the molecule is CCCC12C[C@@]34CC[C@@]5(C)[C@]6(C)CCC7C(C)(C)C(=O)C(C#N)=C[C@]7(C)C6=CC(=O)[C@]5(OC13)C4CC2(C)C. The van der Waals surface area contributed by atoms with Crippen LogP contribution in [0.3, 0.4) is 0 Å². The molecule has 1 aliphatic heterocycles. The van der Waals surface area contributed by atoms with Gasteiger partial charge in [-0.2, -0.15) is 5.26 Å². The quantitative estimate of drug-likeness (QED) is 0.392. The normalized spacial score (nSPS) is 54.4. The van der Waals surface area contributed by atoms with Crippen LogP contribution < -0.4 is 0 Å². The maximum atomic E-state index is 14.8. The van der Waals surface area contributed by atoms with Gasteiger partial charge in [-0.25, -0.2) is 0 Å². The van der Waals surface area contributed by atoms with E-state index in [1.165, 1.54) is 12.8 Å². The first-order valence-corrected chi connectivity index (χ1v) is 15.2. The number of rotatable bonds is 2. The summed E-state index contributed by atoms with van der Waals surface area (Å²) in [5, 5.41) is 9.94. The van der Waals surface area contributed by atoms with Gasteiger partial charge in [0.15, 0.2) is 11.6 Å². The van der Waals surface area contributed by atoms with E-state index in [0.717, 1.165) is 44.1 Å². The van der Waals surface area contributed by atoms with Crippen molar-refractivity contribution in [1.82, 2.24) is 0 Å². The van der Waals surface area contributed by atoms with Gasteiger partial charge in [-0.15, -0.1) is 0 Å². The molecule has 4 heteroatoms. The first-order chi connectivity index (χ1) is 17.6. The third kappa shape index (κ3) is 2.14. The molecule has 0 aromatic carbocycles. The number of ketones is 2. The van der Waals surface area contributed by atoms with Crippen molar-refractivity contribution < 1.29 is 14.3 Å². The number of Topliss-reactive ketones (excluding diaryl/α,β-unsaturated/α-hetero) is 1. The molecule has 1 saturated heterocycles. The standard InChI is InChI=1S/C34H45NO3/c1-9-11-33-19-32-14-13-31(8)30(7)12-10-21-28(4,5)25(37)20(18-35)16-29(21,6)22(30)15-24(36)34(31,38-26(32)33)23(32)17-27(33,2)3/h15-16,21,23,26H,9-14,17,19H2,1-8H3/t21?,23?,26?,29-,30+,31-,32+,33?,34+/m0/s1. The van der Waals surface area contributed by atoms with Crippen LogP contribution in [0.4, 0.5) is 0 Å². The lowest BCUT2D eigenvalue weighted by molar-refractivity contribution is -0.259. The molecule has 0 radical (unpaired) electrons. The highest BCUT2D eigenvalue weighted by Crippen LogP contribution is 2.88. The average molecular weight is 516 g/mol. The molecule has 5 bridgehead atoms. The molecule has 0 aromatic rings. The van der Waals surface area contributed by atoms with Gasteiger partial charge in [0.05, 0.1) is 11.7 Å². The molecule has 2 spiro atoms. The number of allylic oxidation sites excluding steroid dienone is 3. The minimum atomic E-state index is -0.762. The van der Waals surface area contributed by atoms with Crippen LogP contribution in [-0.4, -0.2) is 23.3 Å². The summed E-state index contributed by atoms with van der Waals surface area (Å²) >= 11 is 0. The Morgan fingerprint density at radius 1 is 1.03 bits per heavy atom. The lowest BCUT2D eigenvalue weighted by Gasteiger charge is -2.75. The minimum Gasteiger partial charge on any atom is -0.361 e. The molecule has 7 aliphatic carbocycles. The molecule has 4 nitrogen and oxygen atoms in total. The number of hydrogen-bond donors (Lipinski definition) is 0. The maximum Gasteiger partial charge on any atom is 0.188 e. The predicted octanol–water partition coefficient (Wildman–Crippen LogP) is 7.14. The smallest absolute Gasteiger partial charge is 0.188 e. The van der Waals surface area contributed by atoms with Gasteiger partial charge in [0.1, 0.15) is 11.7 Å². The Kier molecular flexibility index (Phi) is 4.38. The molecule has 8 rings (SSSR count). The Hall–Kier alpha value is -1.73. The van der Waals surface area contributed by atoms with Crippen LogP contribution in [0.5, 0.6) is 0 Å². The number of carbonyl (C=O) groups excluding carboxylic acids is 2. The Morgan fingerprint density at radius 2 is 1.74 bits per heavy atom. The molecule has 8 aliphatic rings. The van der Waals surface area contributed by atoms with E-state index in [2.05, 4.69) is 47.6 Å². The number of carbonyl (C=O) groups is 2. The van der Waals surface area contributed by atoms with Crippen molar-refractivity contribution in [3.63, 3.8) is 0 Å². The second kappa shape index (κ2) is 6.59. The Balaban J connectivity index is 1.44. The van der Waals surface area contributed by atoms with Crippen LogP contribution in [0.25, 0.3) is 0 Å². The molecule has 0 amide bonds. The molecular formula is C34H45NO3. The fraction of sp³-hybridized carbons (Fsp3) is 0.794. The summed E-state index contributed by atoms with van der Waals surface area (Å²) in [6, 6.07) is 2.22. The fourth-order valence-corrected chi connectivity index (χ4v) is 12.8. The Bertz CT molecular complexity index is 1310. The number of fused-ring (bicyclic) bond motifs is 5. The molecule has 0 N–H and O–H groups in total. The van der Waals surface area contributed by atoms with Crippen molar-refractivity contribution in [3.8, 4) is 6.07 Å². The van der Waals surface area contributed by atoms with Gasteiger partial charge in [0.2, 0.25) is 0 Å². The van der Waals surface area contributed by atoms with E-state index in [9.17, 15) is 14.9 Å². The van der Waals surface area contributed by atoms with Crippen LogP contribution in [0.15, 0.2) is 23.3 Å². The van der Waals surface area contributed by atoms with E-state index in [1.54, 1.807) is 0 Å². The summed E-state index contributed by atoms with van der Waals surface area (Å²) in [7, 11) is 0. The monoisotopic (exact) mass is 515 g/mol. The molecule has 38 heavy (non-hydrogen) atoms. The highest BCUT2D eigenvalue weighted by Gasteiger charge is 2.89. The largest absolute Gasteiger partial charge is 0.361 e. The summed E-state index contributed by atoms with van der Waals surface area (Å²) < 4.78 is 7.43. The highest BCUT2D eigenvalue weighted by molar-refractivity contribution is 6.05. The van der Waals surface area contributed by atoms with Crippen molar-refractivity contribution in [2.45, 2.75) is 118 Å². The van der Waals surface area contributed by atoms with Gasteiger partial charge in [0, 0.05) is 33.0 Å². The zero-order chi connectivity index (χ0) is 27.5. The lowest BCUT2D eigenvalue weighted by Crippen LogP contribution is -2.75. The molecular weight excluding hydrogens is 470 g/mol. The first-order valence-electron chi connectivity index (χ1n) is 15.2. The van der Waals surface area contributed by atoms with Gasteiger partial charge in [-0.3, -0.25) is 9.59 Å². The average Bonchev–Trinajstić information content (AvgIpc) is 2.93. The van der Waals surface area contributed by atoms with E-state index in [-0.39, 0.29) is 62.2 Å². The minimum absolute atomic E-state index is 0.0488. The second-order valence-corrected chi connectivity index (χ2v) is 16.4. The fourth-order valence-electron chi connectivity index (χ4n) is 12.8. The summed E-state index contributed by atoms with van der Waals surface area (Å²) in [6.45, 7) is 18.2. The molecule has 6 fully saturated rings. The van der Waals surface area contributed by atoms with Crippen LogP contribution in [0.2, 0.25) is 0 Å². The molecule has 9 atom stereocenters. The van der Waals surface area contributed by atoms with E-state index in [1.807, 2.05) is 26.0 Å². The summed E-state index contributed by atoms with van der Waals surface area (Å²) in [5.41, 5.74) is -0.515. The Morgan fingerprint density at radius 3 is 2.39 bits per heavy atom. The van der Waals surface area contributed by atoms with Crippen LogP contribution in [-0.2, 0) is 14.3 Å². The summed E-state index contributed by atoms with van der Waals surface area (Å²) in [4.78, 5) is 28.1. The maximum absolute atomic E-state index is 14.8. The van der Waals surface area contributed by atoms with E-state index < -0.39 is 16.4 Å². The van der Waals surface area contributed by atoms with Gasteiger partial charge in [-0.1, -0.05) is 67.9 Å². The molecule has 0 aromatic heterocycles. The molecule has 1 heterocycles. The highest BCUT2D eigenvalue weighted by atomic mass is 16.5. The lowest BCUT2D eigenvalue weighted by atomic mass is 9.26. The number of ether oxygens (including phenoxy) is 1. The van der Waals surface area contributed by atoms with E-state index in [0.29, 0.717) is 0 Å². The zero-order valence-corrected chi connectivity index (χ0v) is 24.7. The first kappa shape index (κ1) is 25.3. The number of nitrogens with zero attached hydrogens (tertiary/aromatic N) is 1. The number of nitriles is 1. The van der Waals surface area contributed by atoms with Gasteiger partial charge in [-0.05, 0) is 73.3 Å². The predicted molar refractivity (Wildman–Crippen MR) is 146 cm³/mol. The van der Waals surface area contributed by atoms with Gasteiger partial charge in [0.25, 0.3) is 0 Å². The zero-order valence-electron chi connectivity index (χ0n) is 24.7. The Labute approximate surface area is 228 Å². The van der Waals surface area contributed by atoms with Crippen LogP contribution in [0, 0.1) is 61.1 Å². The van der Waals surface area contributed by atoms with Crippen LogP contribution >= 0.6 is 0 Å².